The highest BCUT2D eigenvalue weighted by Crippen LogP contribution is 1.84. The number of likely N-dealkylation sites (N-methyl/N-ethyl adjacent to an activating group) is 1. The molecule has 0 atom stereocenters. The molecule has 5 nitrogen and oxygen atoms in total. The van der Waals surface area contributed by atoms with Crippen molar-refractivity contribution in [2.24, 2.45) is 11.5 Å². The Kier molecular flexibility index (Phi) is 10.7. The molecule has 0 bridgehead atoms. The van der Waals surface area contributed by atoms with Crippen LogP contribution in [0.2, 0.25) is 0 Å². The molecule has 0 saturated carbocycles. The van der Waals surface area contributed by atoms with Crippen molar-refractivity contribution in [2.45, 2.75) is 0 Å². The van der Waals surface area contributed by atoms with E-state index in [0.29, 0.717) is 6.54 Å². The number of nitrogens with two attached hydrogens (primary N) is 2. The van der Waals surface area contributed by atoms with Gasteiger partial charge in [-0.1, -0.05) is 0 Å². The largest absolute Gasteiger partial charge is 0.329 e. The van der Waals surface area contributed by atoms with Crippen LogP contribution in [0.1, 0.15) is 0 Å². The lowest BCUT2D eigenvalue weighted by Crippen LogP contribution is -2.39. The highest BCUT2D eigenvalue weighted by Gasteiger charge is 2.01. The SMILES string of the molecule is CNCCN(CCN)CCNCCN. The lowest BCUT2D eigenvalue weighted by atomic mass is 10.4. The van der Waals surface area contributed by atoms with Gasteiger partial charge in [-0.3, -0.25) is 4.90 Å². The van der Waals surface area contributed by atoms with Crippen LogP contribution in [0, 0.1) is 0 Å². The highest BCUT2D eigenvalue weighted by atomic mass is 15.2. The Labute approximate surface area is 87.2 Å². The molecule has 0 unspecified atom stereocenters. The van der Waals surface area contributed by atoms with Crippen LogP contribution in [-0.4, -0.2) is 64.3 Å². The van der Waals surface area contributed by atoms with E-state index < -0.39 is 0 Å². The van der Waals surface area contributed by atoms with Crippen molar-refractivity contribution in [2.75, 3.05) is 59.4 Å². The first kappa shape index (κ1) is 13.8. The number of hydrogen-bond acceptors (Lipinski definition) is 5. The maximum Gasteiger partial charge on any atom is 0.0108 e. The fraction of sp³-hybridized carbons (Fsp3) is 1.00. The summed E-state index contributed by atoms with van der Waals surface area (Å²) in [5.74, 6) is 0. The van der Waals surface area contributed by atoms with Gasteiger partial charge in [-0.05, 0) is 7.05 Å². The minimum absolute atomic E-state index is 0.702. The molecule has 0 spiro atoms. The predicted molar refractivity (Wildman–Crippen MR) is 61.3 cm³/mol. The smallest absolute Gasteiger partial charge is 0.0108 e. The quantitative estimate of drug-likeness (QED) is 0.309. The van der Waals surface area contributed by atoms with Gasteiger partial charge in [0.15, 0.2) is 0 Å². The first-order valence-corrected chi connectivity index (χ1v) is 5.33. The van der Waals surface area contributed by atoms with Crippen molar-refractivity contribution in [1.82, 2.24) is 15.5 Å². The molecule has 0 aromatic carbocycles. The third kappa shape index (κ3) is 8.40. The topological polar surface area (TPSA) is 79.3 Å². The first-order valence-electron chi connectivity index (χ1n) is 5.33. The highest BCUT2D eigenvalue weighted by molar-refractivity contribution is 4.61. The van der Waals surface area contributed by atoms with Crippen LogP contribution in [0.5, 0.6) is 0 Å². The van der Waals surface area contributed by atoms with Gasteiger partial charge in [0.05, 0.1) is 0 Å². The third-order valence-corrected chi connectivity index (χ3v) is 2.05. The summed E-state index contributed by atoms with van der Waals surface area (Å²) >= 11 is 0. The summed E-state index contributed by atoms with van der Waals surface area (Å²) in [5, 5.41) is 6.41. The normalized spacial score (nSPS) is 11.1. The van der Waals surface area contributed by atoms with Gasteiger partial charge in [-0.2, -0.15) is 0 Å². The molecule has 0 rings (SSSR count). The zero-order valence-corrected chi connectivity index (χ0v) is 9.26. The lowest BCUT2D eigenvalue weighted by molar-refractivity contribution is 0.282. The van der Waals surface area contributed by atoms with Gasteiger partial charge in [-0.15, -0.1) is 0 Å². The van der Waals surface area contributed by atoms with E-state index >= 15 is 0 Å². The van der Waals surface area contributed by atoms with Crippen molar-refractivity contribution < 1.29 is 0 Å². The number of rotatable bonds is 10. The van der Waals surface area contributed by atoms with E-state index in [9.17, 15) is 0 Å². The number of nitrogens with zero attached hydrogens (tertiary/aromatic N) is 1. The predicted octanol–water partition coefficient (Wildman–Crippen LogP) is -1.99. The van der Waals surface area contributed by atoms with Crippen LogP contribution in [0.4, 0.5) is 0 Å². The van der Waals surface area contributed by atoms with Gasteiger partial charge < -0.3 is 22.1 Å². The summed E-state index contributed by atoms with van der Waals surface area (Å²) in [6.07, 6.45) is 0. The molecule has 86 valence electrons. The second kappa shape index (κ2) is 10.9. The molecule has 0 aromatic rings. The van der Waals surface area contributed by atoms with Crippen LogP contribution >= 0.6 is 0 Å². The van der Waals surface area contributed by atoms with Gasteiger partial charge in [0.25, 0.3) is 0 Å². The summed E-state index contributed by atoms with van der Waals surface area (Å²) < 4.78 is 0. The Hall–Kier alpha value is -0.200. The Morgan fingerprint density at radius 2 is 1.64 bits per heavy atom. The second-order valence-corrected chi connectivity index (χ2v) is 3.27. The minimum atomic E-state index is 0.702. The molecule has 6 N–H and O–H groups in total. The average Bonchev–Trinajstić information content (AvgIpc) is 2.20. The van der Waals surface area contributed by atoms with Gasteiger partial charge in [0.1, 0.15) is 0 Å². The molecule has 0 radical (unpaired) electrons. The number of hydrogen-bond donors (Lipinski definition) is 4. The fourth-order valence-corrected chi connectivity index (χ4v) is 1.25. The van der Waals surface area contributed by atoms with Crippen molar-refractivity contribution in [3.05, 3.63) is 0 Å². The molecule has 0 fully saturated rings. The molecule has 5 heteroatoms. The van der Waals surface area contributed by atoms with E-state index in [1.54, 1.807) is 0 Å². The Morgan fingerprint density at radius 3 is 2.21 bits per heavy atom. The molecule has 0 aliphatic rings. The molecule has 0 saturated heterocycles. The van der Waals surface area contributed by atoms with Crippen LogP contribution in [0.15, 0.2) is 0 Å². The summed E-state index contributed by atoms with van der Waals surface area (Å²) in [7, 11) is 1.97. The summed E-state index contributed by atoms with van der Waals surface area (Å²) in [6.45, 7) is 7.37. The molecular weight excluding hydrogens is 178 g/mol. The lowest BCUT2D eigenvalue weighted by Gasteiger charge is -2.21. The molecular formula is C9H25N5. The standard InChI is InChI=1S/C9H25N5/c1-12-5-8-14(7-3-11)9-6-13-4-2-10/h12-13H,2-11H2,1H3. The zero-order valence-electron chi connectivity index (χ0n) is 9.26. The first-order chi connectivity index (χ1) is 6.85. The minimum Gasteiger partial charge on any atom is -0.329 e. The molecule has 14 heavy (non-hydrogen) atoms. The van der Waals surface area contributed by atoms with Gasteiger partial charge >= 0.3 is 0 Å². The monoisotopic (exact) mass is 203 g/mol. The molecule has 0 amide bonds. The molecule has 0 aliphatic heterocycles. The maximum atomic E-state index is 5.53. The van der Waals surface area contributed by atoms with Gasteiger partial charge in [0.2, 0.25) is 0 Å². The second-order valence-electron chi connectivity index (χ2n) is 3.27. The average molecular weight is 203 g/mol. The van der Waals surface area contributed by atoms with Crippen LogP contribution in [0.25, 0.3) is 0 Å². The van der Waals surface area contributed by atoms with Gasteiger partial charge in [0, 0.05) is 52.4 Å². The van der Waals surface area contributed by atoms with E-state index in [1.807, 2.05) is 7.05 Å². The maximum absolute atomic E-state index is 5.53. The summed E-state index contributed by atoms with van der Waals surface area (Å²) in [6, 6.07) is 0. The number of nitrogens with one attached hydrogen (secondary N) is 2. The Balaban J connectivity index is 3.40. The third-order valence-electron chi connectivity index (χ3n) is 2.05. The fourth-order valence-electron chi connectivity index (χ4n) is 1.25. The van der Waals surface area contributed by atoms with Crippen molar-refractivity contribution in [3.63, 3.8) is 0 Å². The van der Waals surface area contributed by atoms with Crippen LogP contribution in [0.3, 0.4) is 0 Å². The van der Waals surface area contributed by atoms with Crippen LogP contribution in [-0.2, 0) is 0 Å². The van der Waals surface area contributed by atoms with E-state index in [-0.39, 0.29) is 0 Å². The molecule has 0 heterocycles. The van der Waals surface area contributed by atoms with Crippen molar-refractivity contribution >= 4 is 0 Å². The zero-order chi connectivity index (χ0) is 10.6. The Morgan fingerprint density at radius 1 is 0.929 bits per heavy atom. The van der Waals surface area contributed by atoms with E-state index in [0.717, 1.165) is 45.8 Å². The Bertz CT molecular complexity index is 109. The summed E-state index contributed by atoms with van der Waals surface area (Å²) in [4.78, 5) is 2.35. The van der Waals surface area contributed by atoms with E-state index in [4.69, 9.17) is 11.5 Å². The van der Waals surface area contributed by atoms with Gasteiger partial charge in [-0.25, -0.2) is 0 Å². The molecule has 0 aromatic heterocycles. The molecule has 0 aliphatic carbocycles. The van der Waals surface area contributed by atoms with Crippen LogP contribution < -0.4 is 22.1 Å². The van der Waals surface area contributed by atoms with Crippen molar-refractivity contribution in [1.29, 1.82) is 0 Å². The van der Waals surface area contributed by atoms with E-state index in [1.165, 1.54) is 0 Å². The summed E-state index contributed by atoms with van der Waals surface area (Å²) in [5.41, 5.74) is 10.9. The van der Waals surface area contributed by atoms with E-state index in [2.05, 4.69) is 15.5 Å². The van der Waals surface area contributed by atoms with Crippen molar-refractivity contribution in [3.8, 4) is 0 Å².